The summed E-state index contributed by atoms with van der Waals surface area (Å²) in [4.78, 5) is 17.0. The molecule has 251 valence electrons. The minimum absolute atomic E-state index is 0. The number of pyridine rings is 1. The first kappa shape index (κ1) is 37.0. The molecule has 0 saturated carbocycles. The van der Waals surface area contributed by atoms with Crippen LogP contribution in [0.3, 0.4) is 0 Å². The molecular formula is C40H46IrNO3S2-. The van der Waals surface area contributed by atoms with Gasteiger partial charge in [-0.05, 0) is 70.8 Å². The molecule has 4 nitrogen and oxygen atoms in total. The predicted molar refractivity (Wildman–Crippen MR) is 198 cm³/mol. The number of carbonyl (C=O) groups is 1. The van der Waals surface area contributed by atoms with Crippen molar-refractivity contribution >= 4 is 70.6 Å². The minimum atomic E-state index is -0.337. The molecule has 0 fully saturated rings. The van der Waals surface area contributed by atoms with Crippen molar-refractivity contribution < 1.29 is 34.4 Å². The summed E-state index contributed by atoms with van der Waals surface area (Å²) in [6.07, 6.45) is 6.59. The number of benzene rings is 2. The molecule has 0 aliphatic heterocycles. The summed E-state index contributed by atoms with van der Waals surface area (Å²) in [6, 6.07) is 16.4. The maximum absolute atomic E-state index is 12.2. The zero-order valence-corrected chi connectivity index (χ0v) is 33.0. The molecule has 0 atom stereocenters. The van der Waals surface area contributed by atoms with Gasteiger partial charge in [-0.3, -0.25) is 9.78 Å². The van der Waals surface area contributed by atoms with Gasteiger partial charge in [-0.15, -0.1) is 34.9 Å². The van der Waals surface area contributed by atoms with Crippen LogP contribution in [0.25, 0.3) is 53.4 Å². The van der Waals surface area contributed by atoms with Gasteiger partial charge >= 0.3 is 0 Å². The second-order valence-electron chi connectivity index (χ2n) is 13.8. The number of allylic oxidation sites excluding steroid dienone is 2. The van der Waals surface area contributed by atoms with E-state index in [-0.39, 0.29) is 47.9 Å². The number of hydrogen-bond acceptors (Lipinski definition) is 6. The molecule has 1 radical (unpaired) electrons. The smallest absolute Gasteiger partial charge is 0.164 e. The van der Waals surface area contributed by atoms with Gasteiger partial charge in [-0.2, -0.15) is 11.3 Å². The summed E-state index contributed by atoms with van der Waals surface area (Å²) < 4.78 is 8.79. The number of aromatic nitrogens is 1. The van der Waals surface area contributed by atoms with Crippen LogP contribution in [0.2, 0.25) is 0 Å². The van der Waals surface area contributed by atoms with Crippen molar-refractivity contribution in [3.63, 3.8) is 0 Å². The summed E-state index contributed by atoms with van der Waals surface area (Å²) in [7, 11) is 0. The van der Waals surface area contributed by atoms with E-state index in [0.29, 0.717) is 0 Å². The number of aliphatic hydroxyl groups excluding tert-OH is 1. The molecule has 7 heteroatoms. The van der Waals surface area contributed by atoms with Crippen LogP contribution >= 0.6 is 22.7 Å². The largest absolute Gasteiger partial charge is 0.512 e. The molecule has 0 aliphatic rings. The zero-order valence-electron chi connectivity index (χ0n) is 29.0. The van der Waals surface area contributed by atoms with Crippen LogP contribution < -0.4 is 0 Å². The Morgan fingerprint density at radius 2 is 1.51 bits per heavy atom. The summed E-state index contributed by atoms with van der Waals surface area (Å²) in [6.45, 7) is 18.9. The Labute approximate surface area is 300 Å². The fourth-order valence-electron chi connectivity index (χ4n) is 5.84. The molecular weight excluding hydrogens is 799 g/mol. The normalized spacial score (nSPS) is 12.8. The number of aliphatic hydroxyl groups is 1. The van der Waals surface area contributed by atoms with E-state index in [1.807, 2.05) is 53.8 Å². The van der Waals surface area contributed by atoms with Gasteiger partial charge in [0.25, 0.3) is 0 Å². The maximum Gasteiger partial charge on any atom is 0.164 e. The van der Waals surface area contributed by atoms with E-state index in [0.717, 1.165) is 64.3 Å². The SMILES string of the molecule is CC(C)(C)c1cc(-c2nccc3oc4ccc5sccc5c4c23)[c-]c2ccsc12.CCC(C)(CC)C(=O)/C=C(\O)C(C)(CC)CC.[Ir]. The summed E-state index contributed by atoms with van der Waals surface area (Å²) in [5.41, 5.74) is 4.53. The molecule has 1 N–H and O–H groups in total. The van der Waals surface area contributed by atoms with Crippen molar-refractivity contribution in [3.05, 3.63) is 76.8 Å². The van der Waals surface area contributed by atoms with Crippen molar-refractivity contribution in [2.24, 2.45) is 10.8 Å². The van der Waals surface area contributed by atoms with E-state index in [9.17, 15) is 9.90 Å². The molecule has 0 bridgehead atoms. The molecule has 0 amide bonds. The van der Waals surface area contributed by atoms with E-state index in [1.54, 1.807) is 22.7 Å². The van der Waals surface area contributed by atoms with Crippen LogP contribution in [0.5, 0.6) is 0 Å². The van der Waals surface area contributed by atoms with Crippen molar-refractivity contribution in [1.29, 1.82) is 0 Å². The zero-order chi connectivity index (χ0) is 33.4. The van der Waals surface area contributed by atoms with Gasteiger partial charge < -0.3 is 9.52 Å². The van der Waals surface area contributed by atoms with Crippen LogP contribution in [-0.4, -0.2) is 15.9 Å². The van der Waals surface area contributed by atoms with Gasteiger partial charge in [0.05, 0.1) is 0 Å². The summed E-state index contributed by atoms with van der Waals surface area (Å²) in [5, 5.41) is 19.0. The monoisotopic (exact) mass is 845 g/mol. The van der Waals surface area contributed by atoms with Crippen molar-refractivity contribution in [3.8, 4) is 11.3 Å². The third-order valence-corrected chi connectivity index (χ3v) is 11.9. The number of nitrogens with zero attached hydrogens (tertiary/aromatic N) is 1. The molecule has 0 unspecified atom stereocenters. The van der Waals surface area contributed by atoms with E-state index in [2.05, 4.69) is 67.9 Å². The number of fused-ring (bicyclic) bond motifs is 6. The molecule has 0 saturated heterocycles. The van der Waals surface area contributed by atoms with Gasteiger partial charge in [-0.1, -0.05) is 73.4 Å². The summed E-state index contributed by atoms with van der Waals surface area (Å²) in [5.74, 6) is 0.286. The van der Waals surface area contributed by atoms with Crippen LogP contribution in [0, 0.1) is 16.9 Å². The molecule has 6 aromatic rings. The Morgan fingerprint density at radius 1 is 0.872 bits per heavy atom. The molecule has 2 aromatic carbocycles. The van der Waals surface area contributed by atoms with Gasteiger partial charge in [-0.25, -0.2) is 0 Å². The van der Waals surface area contributed by atoms with Gasteiger partial charge in [0, 0.05) is 69.8 Å². The average Bonchev–Trinajstić information content (AvgIpc) is 3.80. The maximum atomic E-state index is 12.2. The Bertz CT molecular complexity index is 2050. The van der Waals surface area contributed by atoms with Crippen LogP contribution in [-0.2, 0) is 30.3 Å². The average molecular weight is 845 g/mol. The van der Waals surface area contributed by atoms with E-state index >= 15 is 0 Å². The van der Waals surface area contributed by atoms with E-state index < -0.39 is 0 Å². The fraction of sp³-hybridized carbons (Fsp3) is 0.400. The topological polar surface area (TPSA) is 63.3 Å². The number of thiophene rings is 2. The Kier molecular flexibility index (Phi) is 11.3. The van der Waals surface area contributed by atoms with Crippen molar-refractivity contribution in [1.82, 2.24) is 4.98 Å². The molecule has 4 aromatic heterocycles. The molecule has 0 spiro atoms. The minimum Gasteiger partial charge on any atom is -0.512 e. The number of furan rings is 1. The van der Waals surface area contributed by atoms with Crippen molar-refractivity contribution in [2.75, 3.05) is 0 Å². The molecule has 6 rings (SSSR count). The molecule has 0 aliphatic carbocycles. The Balaban J connectivity index is 0.000000242. The van der Waals surface area contributed by atoms with Crippen LogP contribution in [0.1, 0.15) is 93.6 Å². The van der Waals surface area contributed by atoms with Gasteiger partial charge in [0.15, 0.2) is 5.78 Å². The number of carbonyl (C=O) groups excluding carboxylic acids is 1. The van der Waals surface area contributed by atoms with Crippen molar-refractivity contribution in [2.45, 2.75) is 93.4 Å². The van der Waals surface area contributed by atoms with Gasteiger partial charge in [0.2, 0.25) is 0 Å². The predicted octanol–water partition coefficient (Wildman–Crippen LogP) is 12.8. The van der Waals surface area contributed by atoms with E-state index in [1.165, 1.54) is 26.4 Å². The Hall–Kier alpha value is -2.83. The van der Waals surface area contributed by atoms with Crippen LogP contribution in [0.4, 0.5) is 0 Å². The Morgan fingerprint density at radius 3 is 2.15 bits per heavy atom. The van der Waals surface area contributed by atoms with Crippen LogP contribution in [0.15, 0.2) is 69.6 Å². The molecule has 47 heavy (non-hydrogen) atoms. The second-order valence-corrected chi connectivity index (χ2v) is 15.7. The first-order valence-electron chi connectivity index (χ1n) is 16.4. The first-order valence-corrected chi connectivity index (χ1v) is 18.1. The summed E-state index contributed by atoms with van der Waals surface area (Å²) >= 11 is 3.54. The van der Waals surface area contributed by atoms with Gasteiger partial charge in [0.1, 0.15) is 16.9 Å². The standard InChI is InChI=1S/C25H18NOS2.C15H28O2.Ir/c1-25(2,3)17-13-15(12-14-7-10-29-24(14)17)23-22-19(6-9-26-23)27-18-4-5-20-16(21(18)22)8-11-28-20;1-7-14(5,8-2)12(16)11-13(17)15(6,9-3)10-4;/h4-11,13H,1-3H3;11,16H,7-10H2,1-6H3;/q-1;;/b;12-11-;. The quantitative estimate of drug-likeness (QED) is 0.0942. The number of hydrogen-bond donors (Lipinski definition) is 1. The molecule has 4 heterocycles. The fourth-order valence-corrected chi connectivity index (χ4v) is 7.71. The second kappa shape index (κ2) is 14.3. The third-order valence-electron chi connectivity index (χ3n) is 10.1. The van der Waals surface area contributed by atoms with E-state index in [4.69, 9.17) is 9.40 Å². The number of ketones is 1. The number of rotatable bonds is 8. The first-order chi connectivity index (χ1) is 21.8. The third kappa shape index (κ3) is 7.01.